The molecule has 16 heavy (non-hydrogen) atoms. The average Bonchev–Trinajstić information content (AvgIpc) is 2.24. The molecule has 0 bridgehead atoms. The Morgan fingerprint density at radius 1 is 1.50 bits per heavy atom. The zero-order valence-corrected chi connectivity index (χ0v) is 12.5. The number of thioether (sulfide) groups is 2. The summed E-state index contributed by atoms with van der Waals surface area (Å²) >= 11 is 3.77. The molecule has 1 N–H and O–H groups in total. The molecule has 0 amide bonds. The Bertz CT molecular complexity index is 234. The smallest absolute Gasteiger partial charge is 0.156 e. The molecule has 4 heteroatoms. The van der Waals surface area contributed by atoms with Crippen molar-refractivity contribution in [2.75, 3.05) is 24.3 Å². The van der Waals surface area contributed by atoms with E-state index in [1.807, 2.05) is 23.5 Å². The first-order chi connectivity index (χ1) is 7.54. The van der Waals surface area contributed by atoms with Crippen LogP contribution in [0.25, 0.3) is 0 Å². The minimum atomic E-state index is 0.334. The third-order valence-corrected chi connectivity index (χ3v) is 4.41. The molecule has 0 aromatic rings. The van der Waals surface area contributed by atoms with Crippen LogP contribution in [0.2, 0.25) is 0 Å². The quantitative estimate of drug-likeness (QED) is 0.785. The molecule has 1 fully saturated rings. The molecule has 0 aromatic heterocycles. The first-order valence-electron chi connectivity index (χ1n) is 5.97. The maximum Gasteiger partial charge on any atom is 0.156 e. The van der Waals surface area contributed by atoms with E-state index in [0.717, 1.165) is 11.7 Å². The fraction of sp³-hybridized carbons (Fsp3) is 0.917. The van der Waals surface area contributed by atoms with Crippen LogP contribution in [-0.4, -0.2) is 35.5 Å². The van der Waals surface area contributed by atoms with Crippen molar-refractivity contribution in [3.63, 3.8) is 0 Å². The van der Waals surface area contributed by atoms with Crippen molar-refractivity contribution in [2.24, 2.45) is 10.4 Å². The van der Waals surface area contributed by atoms with Gasteiger partial charge in [0.05, 0.1) is 0 Å². The lowest BCUT2D eigenvalue weighted by Gasteiger charge is -2.35. The highest BCUT2D eigenvalue weighted by atomic mass is 32.2. The van der Waals surface area contributed by atoms with E-state index in [1.54, 1.807) is 0 Å². The maximum absolute atomic E-state index is 4.64. The minimum Gasteiger partial charge on any atom is -0.362 e. The Labute approximate surface area is 108 Å². The summed E-state index contributed by atoms with van der Waals surface area (Å²) in [6.07, 6.45) is 4.58. The lowest BCUT2D eigenvalue weighted by molar-refractivity contribution is 0.290. The van der Waals surface area contributed by atoms with Crippen LogP contribution < -0.4 is 5.32 Å². The Morgan fingerprint density at radius 3 is 2.88 bits per heavy atom. The number of rotatable bonds is 4. The van der Waals surface area contributed by atoms with Crippen LogP contribution >= 0.6 is 23.5 Å². The summed E-state index contributed by atoms with van der Waals surface area (Å²) in [5.41, 5.74) is 0.334. The fourth-order valence-corrected chi connectivity index (χ4v) is 3.04. The summed E-state index contributed by atoms with van der Waals surface area (Å²) in [6.45, 7) is 7.86. The van der Waals surface area contributed by atoms with E-state index >= 15 is 0 Å². The molecule has 1 atom stereocenters. The van der Waals surface area contributed by atoms with Crippen molar-refractivity contribution >= 4 is 28.7 Å². The topological polar surface area (TPSA) is 24.4 Å². The van der Waals surface area contributed by atoms with Gasteiger partial charge < -0.3 is 5.32 Å². The molecule has 1 aliphatic heterocycles. The molecule has 1 aliphatic rings. The average molecular weight is 260 g/mol. The molecule has 2 nitrogen and oxygen atoms in total. The molecule has 0 aliphatic carbocycles. The van der Waals surface area contributed by atoms with E-state index < -0.39 is 0 Å². The van der Waals surface area contributed by atoms with E-state index in [4.69, 9.17) is 0 Å². The molecule has 0 aromatic carbocycles. The van der Waals surface area contributed by atoms with Gasteiger partial charge in [0.25, 0.3) is 0 Å². The van der Waals surface area contributed by atoms with E-state index in [9.17, 15) is 0 Å². The van der Waals surface area contributed by atoms with E-state index in [-0.39, 0.29) is 0 Å². The third kappa shape index (κ3) is 5.00. The van der Waals surface area contributed by atoms with Crippen molar-refractivity contribution in [3.05, 3.63) is 0 Å². The Morgan fingerprint density at radius 2 is 2.25 bits per heavy atom. The summed E-state index contributed by atoms with van der Waals surface area (Å²) in [5.74, 6) is 2.42. The Balaban J connectivity index is 2.38. The summed E-state index contributed by atoms with van der Waals surface area (Å²) in [4.78, 5) is 4.64. The fourth-order valence-electron chi connectivity index (χ4n) is 1.67. The normalized spacial score (nSPS) is 24.5. The van der Waals surface area contributed by atoms with Gasteiger partial charge in [-0.2, -0.15) is 11.8 Å². The number of nitrogens with zero attached hydrogens (tertiary/aromatic N) is 1. The molecular weight excluding hydrogens is 236 g/mol. The SMILES string of the molecule is CSCCCN=C1NC(C(C)(C)C)CCS1. The second kappa shape index (κ2) is 6.80. The standard InChI is InChI=1S/C12H24N2S2/c1-12(2,3)10-6-9-16-11(14-10)13-7-5-8-15-4/h10H,5-9H2,1-4H3,(H,13,14). The molecule has 1 saturated heterocycles. The van der Waals surface area contributed by atoms with Gasteiger partial charge in [-0.3, -0.25) is 4.99 Å². The molecule has 1 unspecified atom stereocenters. The molecule has 0 spiro atoms. The largest absolute Gasteiger partial charge is 0.362 e. The summed E-state index contributed by atoms with van der Waals surface area (Å²) in [5, 5.41) is 4.74. The van der Waals surface area contributed by atoms with E-state index in [0.29, 0.717) is 11.5 Å². The van der Waals surface area contributed by atoms with Crippen LogP contribution in [0.5, 0.6) is 0 Å². The van der Waals surface area contributed by atoms with Gasteiger partial charge in [0.1, 0.15) is 0 Å². The van der Waals surface area contributed by atoms with E-state index in [2.05, 4.69) is 37.3 Å². The van der Waals surface area contributed by atoms with Gasteiger partial charge in [0, 0.05) is 18.3 Å². The summed E-state index contributed by atoms with van der Waals surface area (Å²) < 4.78 is 0. The number of hydrogen-bond donors (Lipinski definition) is 1. The number of hydrogen-bond acceptors (Lipinski definition) is 3. The zero-order chi connectivity index (χ0) is 12.0. The third-order valence-electron chi connectivity index (χ3n) is 2.75. The van der Waals surface area contributed by atoms with Crippen molar-refractivity contribution in [1.82, 2.24) is 5.32 Å². The van der Waals surface area contributed by atoms with Gasteiger partial charge in [-0.25, -0.2) is 0 Å². The molecule has 1 heterocycles. The summed E-state index contributed by atoms with van der Waals surface area (Å²) in [7, 11) is 0. The van der Waals surface area contributed by atoms with Crippen LogP contribution in [0.4, 0.5) is 0 Å². The van der Waals surface area contributed by atoms with Crippen molar-refractivity contribution in [1.29, 1.82) is 0 Å². The molecule has 1 rings (SSSR count). The summed E-state index contributed by atoms with van der Waals surface area (Å²) in [6, 6.07) is 0.577. The van der Waals surface area contributed by atoms with Crippen LogP contribution in [0.15, 0.2) is 4.99 Å². The Kier molecular flexibility index (Phi) is 6.05. The van der Waals surface area contributed by atoms with Crippen molar-refractivity contribution in [2.45, 2.75) is 39.7 Å². The van der Waals surface area contributed by atoms with Crippen LogP contribution in [0, 0.1) is 5.41 Å². The number of amidine groups is 1. The van der Waals surface area contributed by atoms with Crippen LogP contribution in [0.1, 0.15) is 33.6 Å². The van der Waals surface area contributed by atoms with Gasteiger partial charge in [-0.05, 0) is 30.3 Å². The highest BCUT2D eigenvalue weighted by Crippen LogP contribution is 2.27. The van der Waals surface area contributed by atoms with E-state index in [1.165, 1.54) is 24.3 Å². The lowest BCUT2D eigenvalue weighted by Crippen LogP contribution is -2.46. The zero-order valence-electron chi connectivity index (χ0n) is 10.9. The lowest BCUT2D eigenvalue weighted by atomic mass is 9.85. The highest BCUT2D eigenvalue weighted by Gasteiger charge is 2.28. The number of nitrogens with one attached hydrogen (secondary N) is 1. The van der Waals surface area contributed by atoms with Crippen LogP contribution in [-0.2, 0) is 0 Å². The molecule has 0 saturated carbocycles. The first-order valence-corrected chi connectivity index (χ1v) is 8.34. The first kappa shape index (κ1) is 14.2. The molecular formula is C12H24N2S2. The van der Waals surface area contributed by atoms with Gasteiger partial charge >= 0.3 is 0 Å². The molecule has 94 valence electrons. The van der Waals surface area contributed by atoms with Crippen molar-refractivity contribution < 1.29 is 0 Å². The minimum absolute atomic E-state index is 0.334. The van der Waals surface area contributed by atoms with Gasteiger partial charge in [-0.15, -0.1) is 0 Å². The van der Waals surface area contributed by atoms with Crippen LogP contribution in [0.3, 0.4) is 0 Å². The Hall–Kier alpha value is 0.170. The predicted octanol–water partition coefficient (Wildman–Crippen LogP) is 3.24. The second-order valence-corrected chi connectivity index (χ2v) is 7.30. The van der Waals surface area contributed by atoms with Crippen molar-refractivity contribution in [3.8, 4) is 0 Å². The predicted molar refractivity (Wildman–Crippen MR) is 78.8 cm³/mol. The van der Waals surface area contributed by atoms with Gasteiger partial charge in [-0.1, -0.05) is 32.5 Å². The monoisotopic (exact) mass is 260 g/mol. The second-order valence-electron chi connectivity index (χ2n) is 5.23. The van der Waals surface area contributed by atoms with Gasteiger partial charge in [0.2, 0.25) is 0 Å². The van der Waals surface area contributed by atoms with Gasteiger partial charge in [0.15, 0.2) is 5.17 Å². The molecule has 0 radical (unpaired) electrons. The number of aliphatic imine (C=N–C) groups is 1. The highest BCUT2D eigenvalue weighted by molar-refractivity contribution is 8.13. The maximum atomic E-state index is 4.64.